The van der Waals surface area contributed by atoms with Gasteiger partial charge in [0, 0.05) is 6.54 Å². The van der Waals surface area contributed by atoms with Gasteiger partial charge in [0.1, 0.15) is 6.23 Å². The van der Waals surface area contributed by atoms with Crippen molar-refractivity contribution < 1.29 is 5.11 Å². The summed E-state index contributed by atoms with van der Waals surface area (Å²) in [7, 11) is 1.93. The highest BCUT2D eigenvalue weighted by Crippen LogP contribution is 2.00. The Hall–Kier alpha value is -0.600. The third-order valence-electron chi connectivity index (χ3n) is 2.04. The number of hydrogen-bond acceptors (Lipinski definition) is 2. The van der Waals surface area contributed by atoms with Crippen molar-refractivity contribution in [1.82, 2.24) is 4.90 Å². The van der Waals surface area contributed by atoms with Crippen LogP contribution in [0.25, 0.3) is 0 Å². The summed E-state index contributed by atoms with van der Waals surface area (Å²) in [4.78, 5) is 1.94. The minimum atomic E-state index is -0.330. The van der Waals surface area contributed by atoms with Crippen LogP contribution in [0.5, 0.6) is 0 Å². The predicted molar refractivity (Wildman–Crippen MR) is 57.5 cm³/mol. The van der Waals surface area contributed by atoms with Gasteiger partial charge in [0.15, 0.2) is 0 Å². The Balaban J connectivity index is 3.25. The molecule has 0 aliphatic carbocycles. The van der Waals surface area contributed by atoms with E-state index in [4.69, 9.17) is 5.11 Å². The van der Waals surface area contributed by atoms with Crippen LogP contribution in [0.15, 0.2) is 24.8 Å². The fraction of sp³-hybridized carbons (Fsp3) is 0.636. The van der Waals surface area contributed by atoms with Crippen molar-refractivity contribution in [3.05, 3.63) is 24.8 Å². The second-order valence-electron chi connectivity index (χ2n) is 3.27. The van der Waals surface area contributed by atoms with Crippen LogP contribution >= 0.6 is 0 Å². The summed E-state index contributed by atoms with van der Waals surface area (Å²) < 4.78 is 0. The van der Waals surface area contributed by atoms with Crippen LogP contribution in [0, 0.1) is 0 Å². The van der Waals surface area contributed by atoms with Gasteiger partial charge in [-0.25, -0.2) is 0 Å². The largest absolute Gasteiger partial charge is 0.379 e. The van der Waals surface area contributed by atoms with Crippen LogP contribution in [0.4, 0.5) is 0 Å². The van der Waals surface area contributed by atoms with Gasteiger partial charge in [-0.05, 0) is 33.2 Å². The minimum absolute atomic E-state index is 0.330. The molecule has 0 aromatic heterocycles. The minimum Gasteiger partial charge on any atom is -0.379 e. The Morgan fingerprint density at radius 2 is 2.15 bits per heavy atom. The molecule has 1 unspecified atom stereocenters. The first-order chi connectivity index (χ1) is 6.18. The highest BCUT2D eigenvalue weighted by molar-refractivity contribution is 4.96. The van der Waals surface area contributed by atoms with E-state index >= 15 is 0 Å². The quantitative estimate of drug-likeness (QED) is 0.371. The zero-order chi connectivity index (χ0) is 10.1. The van der Waals surface area contributed by atoms with E-state index in [-0.39, 0.29) is 6.23 Å². The van der Waals surface area contributed by atoms with Gasteiger partial charge in [-0.1, -0.05) is 24.8 Å². The topological polar surface area (TPSA) is 23.5 Å². The monoisotopic (exact) mass is 183 g/mol. The maximum atomic E-state index is 9.16. The van der Waals surface area contributed by atoms with Crippen molar-refractivity contribution in [3.8, 4) is 0 Å². The van der Waals surface area contributed by atoms with Crippen molar-refractivity contribution >= 4 is 0 Å². The molecule has 0 bridgehead atoms. The van der Waals surface area contributed by atoms with Gasteiger partial charge in [-0.15, -0.1) is 0 Å². The molecular formula is C11H21NO. The zero-order valence-electron chi connectivity index (χ0n) is 8.74. The number of rotatable bonds is 7. The summed E-state index contributed by atoms with van der Waals surface area (Å²) in [6.45, 7) is 6.35. The summed E-state index contributed by atoms with van der Waals surface area (Å²) >= 11 is 0. The van der Waals surface area contributed by atoms with Gasteiger partial charge in [-0.3, -0.25) is 4.90 Å². The molecule has 0 radical (unpaired) electrons. The average molecular weight is 183 g/mol. The molecule has 0 saturated carbocycles. The zero-order valence-corrected chi connectivity index (χ0v) is 8.74. The maximum Gasteiger partial charge on any atom is 0.104 e. The van der Waals surface area contributed by atoms with Gasteiger partial charge < -0.3 is 5.11 Å². The van der Waals surface area contributed by atoms with Crippen molar-refractivity contribution in [1.29, 1.82) is 0 Å². The Morgan fingerprint density at radius 1 is 1.46 bits per heavy atom. The van der Waals surface area contributed by atoms with Crippen molar-refractivity contribution in [2.45, 2.75) is 32.4 Å². The Labute approximate surface area is 81.6 Å². The van der Waals surface area contributed by atoms with Gasteiger partial charge in [0.05, 0.1) is 0 Å². The maximum absolute atomic E-state index is 9.16. The molecule has 0 aliphatic rings. The number of aliphatic hydroxyl groups is 1. The van der Waals surface area contributed by atoms with Crippen LogP contribution in [0.1, 0.15) is 26.2 Å². The molecule has 1 N–H and O–H groups in total. The van der Waals surface area contributed by atoms with E-state index < -0.39 is 0 Å². The Kier molecular flexibility index (Phi) is 7.65. The number of unbranched alkanes of at least 4 members (excludes halogenated alkanes) is 2. The smallest absolute Gasteiger partial charge is 0.104 e. The highest BCUT2D eigenvalue weighted by Gasteiger charge is 2.02. The summed E-state index contributed by atoms with van der Waals surface area (Å²) in [5.74, 6) is 0. The SMILES string of the molecule is C=CC=CCCCCN(C)C(C)O. The fourth-order valence-electron chi connectivity index (χ4n) is 1.00. The first-order valence-electron chi connectivity index (χ1n) is 4.84. The summed E-state index contributed by atoms with van der Waals surface area (Å²) in [6, 6.07) is 0. The number of nitrogens with zero attached hydrogens (tertiary/aromatic N) is 1. The number of allylic oxidation sites excluding steroid dienone is 3. The molecule has 76 valence electrons. The third kappa shape index (κ3) is 7.75. The van der Waals surface area contributed by atoms with Gasteiger partial charge >= 0.3 is 0 Å². The molecule has 0 heterocycles. The summed E-state index contributed by atoms with van der Waals surface area (Å²) in [6.07, 6.45) is 8.95. The van der Waals surface area contributed by atoms with Crippen LogP contribution in [-0.2, 0) is 0 Å². The molecule has 0 saturated heterocycles. The summed E-state index contributed by atoms with van der Waals surface area (Å²) in [5.41, 5.74) is 0. The second-order valence-corrected chi connectivity index (χ2v) is 3.27. The molecule has 13 heavy (non-hydrogen) atoms. The van der Waals surface area contributed by atoms with E-state index in [2.05, 4.69) is 12.7 Å². The van der Waals surface area contributed by atoms with Crippen LogP contribution in [0.2, 0.25) is 0 Å². The molecule has 2 heteroatoms. The molecule has 0 aliphatic heterocycles. The van der Waals surface area contributed by atoms with Crippen LogP contribution < -0.4 is 0 Å². The van der Waals surface area contributed by atoms with Crippen molar-refractivity contribution in [2.75, 3.05) is 13.6 Å². The lowest BCUT2D eigenvalue weighted by atomic mass is 10.2. The summed E-state index contributed by atoms with van der Waals surface area (Å²) in [5, 5.41) is 9.16. The van der Waals surface area contributed by atoms with E-state index in [1.165, 1.54) is 6.42 Å². The standard InChI is InChI=1S/C11H21NO/c1-4-5-6-7-8-9-10-12(3)11(2)13/h4-6,11,13H,1,7-10H2,2-3H3. The molecule has 0 fully saturated rings. The second kappa shape index (κ2) is 8.02. The molecule has 0 spiro atoms. The van der Waals surface area contributed by atoms with Gasteiger partial charge in [0.2, 0.25) is 0 Å². The normalized spacial score (nSPS) is 13.8. The Bertz CT molecular complexity index is 152. The lowest BCUT2D eigenvalue weighted by molar-refractivity contribution is 0.0375. The van der Waals surface area contributed by atoms with Gasteiger partial charge in [-0.2, -0.15) is 0 Å². The Morgan fingerprint density at radius 3 is 2.69 bits per heavy atom. The van der Waals surface area contributed by atoms with E-state index in [0.29, 0.717) is 0 Å². The van der Waals surface area contributed by atoms with E-state index in [0.717, 1.165) is 19.4 Å². The predicted octanol–water partition coefficient (Wildman–Crippen LogP) is 2.17. The van der Waals surface area contributed by atoms with Gasteiger partial charge in [0.25, 0.3) is 0 Å². The third-order valence-corrected chi connectivity index (χ3v) is 2.04. The van der Waals surface area contributed by atoms with E-state index in [1.807, 2.05) is 18.0 Å². The molecular weight excluding hydrogens is 162 g/mol. The first-order valence-corrected chi connectivity index (χ1v) is 4.84. The molecule has 0 rings (SSSR count). The van der Waals surface area contributed by atoms with E-state index in [1.54, 1.807) is 13.0 Å². The van der Waals surface area contributed by atoms with Crippen molar-refractivity contribution in [2.24, 2.45) is 0 Å². The number of aliphatic hydroxyl groups excluding tert-OH is 1. The number of hydrogen-bond donors (Lipinski definition) is 1. The fourth-order valence-corrected chi connectivity index (χ4v) is 1.00. The lowest BCUT2D eigenvalue weighted by Crippen LogP contribution is -2.29. The van der Waals surface area contributed by atoms with E-state index in [9.17, 15) is 0 Å². The van der Waals surface area contributed by atoms with Crippen LogP contribution in [0.3, 0.4) is 0 Å². The van der Waals surface area contributed by atoms with Crippen LogP contribution in [-0.4, -0.2) is 29.8 Å². The lowest BCUT2D eigenvalue weighted by Gasteiger charge is -2.19. The first kappa shape index (κ1) is 12.4. The molecule has 2 nitrogen and oxygen atoms in total. The highest BCUT2D eigenvalue weighted by atomic mass is 16.3. The molecule has 1 atom stereocenters. The molecule has 0 amide bonds. The molecule has 0 aromatic carbocycles. The molecule has 0 aromatic rings. The average Bonchev–Trinajstić information content (AvgIpc) is 2.10. The van der Waals surface area contributed by atoms with Crippen molar-refractivity contribution in [3.63, 3.8) is 0 Å².